The lowest BCUT2D eigenvalue weighted by atomic mass is 9.94. The van der Waals surface area contributed by atoms with E-state index in [1.54, 1.807) is 0 Å². The zero-order valence-electron chi connectivity index (χ0n) is 13.3. The molecule has 0 spiro atoms. The van der Waals surface area contributed by atoms with E-state index in [2.05, 4.69) is 42.7 Å². The van der Waals surface area contributed by atoms with Crippen LogP contribution in [0.4, 0.5) is 0 Å². The topological polar surface area (TPSA) is 56.7 Å². The van der Waals surface area contributed by atoms with Gasteiger partial charge in [0, 0.05) is 32.0 Å². The molecular formula is C14H32IN3OS. The fourth-order valence-electron chi connectivity index (χ4n) is 1.97. The Morgan fingerprint density at radius 3 is 2.50 bits per heavy atom. The van der Waals surface area contributed by atoms with Crippen LogP contribution in [-0.4, -0.2) is 49.3 Å². The summed E-state index contributed by atoms with van der Waals surface area (Å²) in [5.74, 6) is 3.10. The molecule has 0 radical (unpaired) electrons. The van der Waals surface area contributed by atoms with E-state index >= 15 is 0 Å². The molecule has 1 atom stereocenters. The van der Waals surface area contributed by atoms with Gasteiger partial charge in [0.05, 0.1) is 0 Å². The fraction of sp³-hybridized carbons (Fsp3) is 0.929. The number of rotatable bonds is 10. The molecule has 122 valence electrons. The summed E-state index contributed by atoms with van der Waals surface area (Å²) in [6.45, 7) is 9.36. The summed E-state index contributed by atoms with van der Waals surface area (Å²) in [5.41, 5.74) is 0. The average Bonchev–Trinajstić information content (AvgIpc) is 2.35. The summed E-state index contributed by atoms with van der Waals surface area (Å²) in [7, 11) is 0. The molecular weight excluding hydrogens is 385 g/mol. The average molecular weight is 417 g/mol. The number of nitrogens with one attached hydrogen (secondary N) is 2. The summed E-state index contributed by atoms with van der Waals surface area (Å²) < 4.78 is 0. The van der Waals surface area contributed by atoms with Crippen molar-refractivity contribution in [1.82, 2.24) is 10.6 Å². The molecule has 0 amide bonds. The molecule has 0 aliphatic heterocycles. The zero-order chi connectivity index (χ0) is 14.5. The minimum atomic E-state index is 0. The quantitative estimate of drug-likeness (QED) is 0.221. The Hall–Kier alpha value is 0.310. The molecule has 0 aliphatic carbocycles. The minimum absolute atomic E-state index is 0. The Labute approximate surface area is 146 Å². The molecule has 0 rings (SSSR count). The lowest BCUT2D eigenvalue weighted by molar-refractivity contribution is 0.245. The Kier molecular flexibility index (Phi) is 17.7. The van der Waals surface area contributed by atoms with Crippen LogP contribution in [0, 0.1) is 11.8 Å². The van der Waals surface area contributed by atoms with Gasteiger partial charge in [-0.2, -0.15) is 11.8 Å². The van der Waals surface area contributed by atoms with Gasteiger partial charge in [-0.1, -0.05) is 13.8 Å². The van der Waals surface area contributed by atoms with Crippen molar-refractivity contribution in [1.29, 1.82) is 0 Å². The van der Waals surface area contributed by atoms with Gasteiger partial charge in [-0.05, 0) is 37.9 Å². The van der Waals surface area contributed by atoms with E-state index in [1.807, 2.05) is 11.8 Å². The van der Waals surface area contributed by atoms with Gasteiger partial charge in [0.2, 0.25) is 0 Å². The number of halogens is 1. The highest BCUT2D eigenvalue weighted by atomic mass is 127. The number of aliphatic hydroxyl groups is 1. The number of aliphatic imine (C=N–C) groups is 1. The number of hydrogen-bond acceptors (Lipinski definition) is 3. The number of guanidine groups is 1. The van der Waals surface area contributed by atoms with Gasteiger partial charge in [-0.15, -0.1) is 24.0 Å². The van der Waals surface area contributed by atoms with E-state index in [-0.39, 0.29) is 30.6 Å². The summed E-state index contributed by atoms with van der Waals surface area (Å²) in [5, 5.41) is 15.7. The third kappa shape index (κ3) is 13.3. The van der Waals surface area contributed by atoms with Crippen LogP contribution in [0.25, 0.3) is 0 Å². The van der Waals surface area contributed by atoms with E-state index in [4.69, 9.17) is 5.11 Å². The molecule has 4 nitrogen and oxygen atoms in total. The van der Waals surface area contributed by atoms with Crippen LogP contribution in [0.2, 0.25) is 0 Å². The highest BCUT2D eigenvalue weighted by Crippen LogP contribution is 2.15. The van der Waals surface area contributed by atoms with Crippen LogP contribution < -0.4 is 10.6 Å². The Morgan fingerprint density at radius 1 is 1.30 bits per heavy atom. The number of aliphatic hydroxyl groups excluding tert-OH is 1. The molecule has 20 heavy (non-hydrogen) atoms. The molecule has 0 aromatic rings. The molecule has 6 heteroatoms. The summed E-state index contributed by atoms with van der Waals surface area (Å²) >= 11 is 1.82. The highest BCUT2D eigenvalue weighted by molar-refractivity contribution is 14.0. The molecule has 0 aromatic heterocycles. The number of hydrogen-bond donors (Lipinski definition) is 3. The maximum absolute atomic E-state index is 9.11. The fourth-order valence-corrected chi connectivity index (χ4v) is 2.27. The molecule has 1 unspecified atom stereocenters. The van der Waals surface area contributed by atoms with E-state index in [0.717, 1.165) is 44.2 Å². The highest BCUT2D eigenvalue weighted by Gasteiger charge is 2.10. The number of nitrogens with zero attached hydrogens (tertiary/aromatic N) is 1. The van der Waals surface area contributed by atoms with Crippen LogP contribution in [0.3, 0.4) is 0 Å². The Morgan fingerprint density at radius 2 is 2.00 bits per heavy atom. The van der Waals surface area contributed by atoms with Crippen molar-refractivity contribution in [2.75, 3.05) is 38.2 Å². The van der Waals surface area contributed by atoms with Gasteiger partial charge < -0.3 is 15.7 Å². The van der Waals surface area contributed by atoms with Crippen LogP contribution in [0.1, 0.15) is 33.6 Å². The molecule has 0 heterocycles. The van der Waals surface area contributed by atoms with Crippen molar-refractivity contribution < 1.29 is 5.11 Å². The van der Waals surface area contributed by atoms with Crippen molar-refractivity contribution in [3.8, 4) is 0 Å². The minimum Gasteiger partial charge on any atom is -0.396 e. The predicted octanol–water partition coefficient (Wildman–Crippen LogP) is 2.57. The predicted molar refractivity (Wildman–Crippen MR) is 102 cm³/mol. The third-order valence-corrected chi connectivity index (χ3v) is 3.40. The first kappa shape index (κ1) is 22.6. The van der Waals surface area contributed by atoms with E-state index in [1.165, 1.54) is 0 Å². The standard InChI is InChI=1S/C14H31N3OS.HI/c1-5-15-14(16-7-9-19-4)17-11-13(6-8-18)10-12(2)3;/h12-13,18H,5-11H2,1-4H3,(H2,15,16,17);1H. The Bertz CT molecular complexity index is 240. The molecule has 0 saturated heterocycles. The third-order valence-electron chi connectivity index (χ3n) is 2.79. The molecule has 0 bridgehead atoms. The monoisotopic (exact) mass is 417 g/mol. The maximum atomic E-state index is 9.11. The second-order valence-electron chi connectivity index (χ2n) is 5.15. The SMILES string of the molecule is CCNC(=NCC(CCO)CC(C)C)NCCSC.I. The van der Waals surface area contributed by atoms with Crippen LogP contribution in [0.15, 0.2) is 4.99 Å². The van der Waals surface area contributed by atoms with Crippen LogP contribution in [-0.2, 0) is 0 Å². The Balaban J connectivity index is 0. The second kappa shape index (κ2) is 15.7. The van der Waals surface area contributed by atoms with Gasteiger partial charge in [0.15, 0.2) is 5.96 Å². The number of thioether (sulfide) groups is 1. The van der Waals surface area contributed by atoms with E-state index in [0.29, 0.717) is 11.8 Å². The van der Waals surface area contributed by atoms with Gasteiger partial charge in [-0.25, -0.2) is 0 Å². The van der Waals surface area contributed by atoms with Crippen LogP contribution >= 0.6 is 35.7 Å². The van der Waals surface area contributed by atoms with Crippen molar-refractivity contribution >= 4 is 41.7 Å². The first-order valence-corrected chi connectivity index (χ1v) is 8.65. The largest absolute Gasteiger partial charge is 0.396 e. The van der Waals surface area contributed by atoms with E-state index in [9.17, 15) is 0 Å². The smallest absolute Gasteiger partial charge is 0.191 e. The van der Waals surface area contributed by atoms with Crippen molar-refractivity contribution in [3.05, 3.63) is 0 Å². The second-order valence-corrected chi connectivity index (χ2v) is 6.13. The maximum Gasteiger partial charge on any atom is 0.191 e. The van der Waals surface area contributed by atoms with Crippen molar-refractivity contribution in [2.24, 2.45) is 16.8 Å². The van der Waals surface area contributed by atoms with Crippen molar-refractivity contribution in [3.63, 3.8) is 0 Å². The molecule has 0 aromatic carbocycles. The molecule has 0 aliphatic rings. The van der Waals surface area contributed by atoms with Crippen molar-refractivity contribution in [2.45, 2.75) is 33.6 Å². The first-order chi connectivity index (χ1) is 9.13. The summed E-state index contributed by atoms with van der Waals surface area (Å²) in [6, 6.07) is 0. The van der Waals surface area contributed by atoms with Gasteiger partial charge in [0.1, 0.15) is 0 Å². The van der Waals surface area contributed by atoms with Gasteiger partial charge >= 0.3 is 0 Å². The lowest BCUT2D eigenvalue weighted by Gasteiger charge is -2.17. The molecule has 3 N–H and O–H groups in total. The first-order valence-electron chi connectivity index (χ1n) is 7.25. The molecule has 0 saturated carbocycles. The molecule has 0 fully saturated rings. The van der Waals surface area contributed by atoms with Gasteiger partial charge in [0.25, 0.3) is 0 Å². The summed E-state index contributed by atoms with van der Waals surface area (Å²) in [4.78, 5) is 4.63. The zero-order valence-corrected chi connectivity index (χ0v) is 16.5. The van der Waals surface area contributed by atoms with Gasteiger partial charge in [-0.3, -0.25) is 4.99 Å². The van der Waals surface area contributed by atoms with Crippen LogP contribution in [0.5, 0.6) is 0 Å². The van der Waals surface area contributed by atoms with E-state index < -0.39 is 0 Å². The summed E-state index contributed by atoms with van der Waals surface area (Å²) in [6.07, 6.45) is 4.06. The normalized spacial score (nSPS) is 13.0. The lowest BCUT2D eigenvalue weighted by Crippen LogP contribution is -2.38.